The van der Waals surface area contributed by atoms with Gasteiger partial charge in [-0.3, -0.25) is 4.79 Å². The third kappa shape index (κ3) is 1.70. The van der Waals surface area contributed by atoms with Crippen molar-refractivity contribution in [3.63, 3.8) is 0 Å². The number of hydrogen-bond acceptors (Lipinski definition) is 3. The van der Waals surface area contributed by atoms with Crippen LogP contribution in [0.15, 0.2) is 0 Å². The Morgan fingerprint density at radius 1 is 1.62 bits per heavy atom. The summed E-state index contributed by atoms with van der Waals surface area (Å²) in [7, 11) is 1.45. The maximum atomic E-state index is 11.6. The summed E-state index contributed by atoms with van der Waals surface area (Å²) in [5.41, 5.74) is 5.52. The van der Waals surface area contributed by atoms with Gasteiger partial charge in [-0.25, -0.2) is 0 Å². The van der Waals surface area contributed by atoms with E-state index in [1.165, 1.54) is 7.11 Å². The van der Waals surface area contributed by atoms with Gasteiger partial charge in [-0.15, -0.1) is 0 Å². The SMILES string of the molecule is COC(=O)[C@@]1(C(C)C)CC[C@@H](N)C1. The number of nitrogens with two attached hydrogens (primary N) is 1. The molecule has 0 bridgehead atoms. The third-order valence-corrected chi connectivity index (χ3v) is 3.28. The topological polar surface area (TPSA) is 52.3 Å². The highest BCUT2D eigenvalue weighted by Crippen LogP contribution is 2.44. The second kappa shape index (κ2) is 3.66. The predicted molar refractivity (Wildman–Crippen MR) is 51.1 cm³/mol. The lowest BCUT2D eigenvalue weighted by molar-refractivity contribution is -0.155. The van der Waals surface area contributed by atoms with Crippen molar-refractivity contribution in [1.82, 2.24) is 0 Å². The second-order valence-corrected chi connectivity index (χ2v) is 4.31. The number of methoxy groups -OCH3 is 1. The summed E-state index contributed by atoms with van der Waals surface area (Å²) in [6.07, 6.45) is 2.59. The summed E-state index contributed by atoms with van der Waals surface area (Å²) in [5, 5.41) is 0. The van der Waals surface area contributed by atoms with Crippen LogP contribution in [0, 0.1) is 11.3 Å². The average molecular weight is 185 g/mol. The lowest BCUT2D eigenvalue weighted by Crippen LogP contribution is -2.36. The van der Waals surface area contributed by atoms with Gasteiger partial charge in [0, 0.05) is 6.04 Å². The maximum Gasteiger partial charge on any atom is 0.312 e. The van der Waals surface area contributed by atoms with Crippen molar-refractivity contribution in [2.24, 2.45) is 17.1 Å². The maximum absolute atomic E-state index is 11.6. The molecule has 0 radical (unpaired) electrons. The Hall–Kier alpha value is -0.570. The van der Waals surface area contributed by atoms with Crippen LogP contribution in [0.2, 0.25) is 0 Å². The van der Waals surface area contributed by atoms with E-state index in [1.807, 2.05) is 0 Å². The van der Waals surface area contributed by atoms with Gasteiger partial charge in [0.15, 0.2) is 0 Å². The summed E-state index contributed by atoms with van der Waals surface area (Å²) in [4.78, 5) is 11.6. The highest BCUT2D eigenvalue weighted by molar-refractivity contribution is 5.77. The van der Waals surface area contributed by atoms with E-state index in [0.717, 1.165) is 19.3 Å². The molecule has 0 spiro atoms. The minimum absolute atomic E-state index is 0.0875. The Morgan fingerprint density at radius 2 is 2.23 bits per heavy atom. The molecule has 0 aliphatic heterocycles. The van der Waals surface area contributed by atoms with Gasteiger partial charge in [0.2, 0.25) is 0 Å². The Kier molecular flexibility index (Phi) is 2.96. The van der Waals surface area contributed by atoms with Gasteiger partial charge in [0.05, 0.1) is 12.5 Å². The van der Waals surface area contributed by atoms with Crippen molar-refractivity contribution >= 4 is 5.97 Å². The van der Waals surface area contributed by atoms with E-state index in [-0.39, 0.29) is 17.4 Å². The van der Waals surface area contributed by atoms with E-state index in [1.54, 1.807) is 0 Å². The van der Waals surface area contributed by atoms with Gasteiger partial charge in [-0.1, -0.05) is 13.8 Å². The summed E-state index contributed by atoms with van der Waals surface area (Å²) in [6.45, 7) is 4.13. The Balaban J connectivity index is 2.83. The van der Waals surface area contributed by atoms with Crippen molar-refractivity contribution in [1.29, 1.82) is 0 Å². The molecule has 0 unspecified atom stereocenters. The van der Waals surface area contributed by atoms with Gasteiger partial charge in [-0.05, 0) is 25.2 Å². The van der Waals surface area contributed by atoms with Gasteiger partial charge >= 0.3 is 5.97 Å². The summed E-state index contributed by atoms with van der Waals surface area (Å²) < 4.78 is 4.85. The van der Waals surface area contributed by atoms with Crippen LogP contribution < -0.4 is 5.73 Å². The third-order valence-electron chi connectivity index (χ3n) is 3.28. The zero-order valence-electron chi connectivity index (χ0n) is 8.67. The zero-order chi connectivity index (χ0) is 10.1. The fourth-order valence-electron chi connectivity index (χ4n) is 2.26. The first-order chi connectivity index (χ1) is 6.03. The first kappa shape index (κ1) is 10.5. The molecule has 0 saturated heterocycles. The highest BCUT2D eigenvalue weighted by atomic mass is 16.5. The standard InChI is InChI=1S/C10H19NO2/c1-7(2)10(9(12)13-3)5-4-8(11)6-10/h7-8H,4-6,11H2,1-3H3/t8-,10+/m1/s1. The fraction of sp³-hybridized carbons (Fsp3) is 0.900. The van der Waals surface area contributed by atoms with E-state index < -0.39 is 0 Å². The van der Waals surface area contributed by atoms with Crippen molar-refractivity contribution in [3.8, 4) is 0 Å². The molecular weight excluding hydrogens is 166 g/mol. The quantitative estimate of drug-likeness (QED) is 0.660. The highest BCUT2D eigenvalue weighted by Gasteiger charge is 2.47. The molecule has 0 aromatic carbocycles. The van der Waals surface area contributed by atoms with Crippen LogP contribution in [0.1, 0.15) is 33.1 Å². The van der Waals surface area contributed by atoms with E-state index in [4.69, 9.17) is 10.5 Å². The molecule has 1 aliphatic rings. The van der Waals surface area contributed by atoms with Gasteiger partial charge < -0.3 is 10.5 Å². The van der Waals surface area contributed by atoms with E-state index >= 15 is 0 Å². The molecule has 0 aromatic rings. The van der Waals surface area contributed by atoms with Crippen LogP contribution in [0.3, 0.4) is 0 Å². The molecule has 1 fully saturated rings. The largest absolute Gasteiger partial charge is 0.469 e. The predicted octanol–water partition coefficient (Wildman–Crippen LogP) is 1.31. The Morgan fingerprint density at radius 3 is 2.54 bits per heavy atom. The summed E-state index contributed by atoms with van der Waals surface area (Å²) in [6, 6.07) is 0.168. The average Bonchev–Trinajstić information content (AvgIpc) is 2.47. The molecule has 1 saturated carbocycles. The van der Waals surface area contributed by atoms with E-state index in [9.17, 15) is 4.79 Å². The number of esters is 1. The molecule has 1 aliphatic carbocycles. The molecule has 1 rings (SSSR count). The van der Waals surface area contributed by atoms with Crippen molar-refractivity contribution in [3.05, 3.63) is 0 Å². The first-order valence-corrected chi connectivity index (χ1v) is 4.87. The smallest absolute Gasteiger partial charge is 0.312 e. The molecule has 0 aromatic heterocycles. The number of hydrogen-bond donors (Lipinski definition) is 1. The molecule has 2 N–H and O–H groups in total. The van der Waals surface area contributed by atoms with Gasteiger partial charge in [0.1, 0.15) is 0 Å². The lowest BCUT2D eigenvalue weighted by Gasteiger charge is -2.30. The first-order valence-electron chi connectivity index (χ1n) is 4.87. The van der Waals surface area contributed by atoms with Crippen LogP contribution in [0.25, 0.3) is 0 Å². The Bertz CT molecular complexity index is 203. The molecule has 3 heteroatoms. The molecule has 3 nitrogen and oxygen atoms in total. The monoisotopic (exact) mass is 185 g/mol. The molecule has 0 amide bonds. The molecule has 76 valence electrons. The normalized spacial score (nSPS) is 33.8. The number of carbonyl (C=O) groups excluding carboxylic acids is 1. The number of rotatable bonds is 2. The molecule has 0 heterocycles. The lowest BCUT2D eigenvalue weighted by atomic mass is 9.75. The van der Waals surface area contributed by atoms with E-state index in [2.05, 4.69) is 13.8 Å². The molecular formula is C10H19NO2. The van der Waals surface area contributed by atoms with Crippen LogP contribution in [0.4, 0.5) is 0 Å². The summed E-state index contributed by atoms with van der Waals surface area (Å²) in [5.74, 6) is 0.226. The minimum atomic E-state index is -0.311. The zero-order valence-corrected chi connectivity index (χ0v) is 8.67. The molecule has 2 atom stereocenters. The van der Waals surface area contributed by atoms with Crippen molar-refractivity contribution < 1.29 is 9.53 Å². The molecule has 13 heavy (non-hydrogen) atoms. The van der Waals surface area contributed by atoms with Gasteiger partial charge in [0.25, 0.3) is 0 Å². The summed E-state index contributed by atoms with van der Waals surface area (Å²) >= 11 is 0. The van der Waals surface area contributed by atoms with E-state index in [0.29, 0.717) is 5.92 Å². The van der Waals surface area contributed by atoms with Crippen molar-refractivity contribution in [2.75, 3.05) is 7.11 Å². The Labute approximate surface area is 79.6 Å². The van der Waals surface area contributed by atoms with Crippen LogP contribution >= 0.6 is 0 Å². The second-order valence-electron chi connectivity index (χ2n) is 4.31. The number of ether oxygens (including phenoxy) is 1. The number of carbonyl (C=O) groups is 1. The fourth-order valence-corrected chi connectivity index (χ4v) is 2.26. The van der Waals surface area contributed by atoms with Crippen molar-refractivity contribution in [2.45, 2.75) is 39.2 Å². The van der Waals surface area contributed by atoms with Gasteiger partial charge in [-0.2, -0.15) is 0 Å². The van der Waals surface area contributed by atoms with Crippen LogP contribution in [-0.4, -0.2) is 19.1 Å². The minimum Gasteiger partial charge on any atom is -0.469 e. The van der Waals surface area contributed by atoms with Crippen LogP contribution in [0.5, 0.6) is 0 Å². The van der Waals surface area contributed by atoms with Crippen LogP contribution in [-0.2, 0) is 9.53 Å².